The average molecular weight is 244 g/mol. The maximum atomic E-state index is 11.5. The second-order valence-electron chi connectivity index (χ2n) is 3.36. The van der Waals surface area contributed by atoms with Gasteiger partial charge in [-0.05, 0) is 38.6 Å². The highest BCUT2D eigenvalue weighted by atomic mass is 35.5. The molecule has 0 bridgehead atoms. The standard InChI is InChI=1S/C12H17NO2.ClH/c1-4-15-12(14)11-7-5-6-10(8-11)9(2)13-3;/h5-9,13H,4H2,1-3H3;1H/t9-;/m0./s1. The molecule has 0 saturated carbocycles. The first-order valence-corrected chi connectivity index (χ1v) is 5.13. The van der Waals surface area contributed by atoms with Gasteiger partial charge in [-0.3, -0.25) is 0 Å². The molecule has 1 aromatic carbocycles. The second-order valence-corrected chi connectivity index (χ2v) is 3.36. The van der Waals surface area contributed by atoms with E-state index < -0.39 is 0 Å². The van der Waals surface area contributed by atoms with Crippen LogP contribution in [0.25, 0.3) is 0 Å². The first kappa shape index (κ1) is 14.9. The van der Waals surface area contributed by atoms with Crippen LogP contribution < -0.4 is 5.32 Å². The third-order valence-corrected chi connectivity index (χ3v) is 2.33. The van der Waals surface area contributed by atoms with E-state index in [0.717, 1.165) is 5.56 Å². The Morgan fingerprint density at radius 2 is 2.19 bits per heavy atom. The molecule has 1 rings (SSSR count). The molecule has 0 fully saturated rings. The largest absolute Gasteiger partial charge is 0.462 e. The van der Waals surface area contributed by atoms with Crippen molar-refractivity contribution in [2.24, 2.45) is 0 Å². The number of rotatable bonds is 4. The molecule has 0 radical (unpaired) electrons. The van der Waals surface area contributed by atoms with Gasteiger partial charge in [-0.15, -0.1) is 12.4 Å². The monoisotopic (exact) mass is 243 g/mol. The van der Waals surface area contributed by atoms with Crippen LogP contribution >= 0.6 is 12.4 Å². The minimum Gasteiger partial charge on any atom is -0.462 e. The molecule has 1 atom stereocenters. The summed E-state index contributed by atoms with van der Waals surface area (Å²) in [5, 5.41) is 3.13. The lowest BCUT2D eigenvalue weighted by atomic mass is 10.1. The Kier molecular flexibility index (Phi) is 6.77. The summed E-state index contributed by atoms with van der Waals surface area (Å²) in [6.07, 6.45) is 0. The zero-order chi connectivity index (χ0) is 11.3. The van der Waals surface area contributed by atoms with Gasteiger partial charge in [0.05, 0.1) is 12.2 Å². The van der Waals surface area contributed by atoms with E-state index in [9.17, 15) is 4.79 Å². The van der Waals surface area contributed by atoms with Gasteiger partial charge in [0.1, 0.15) is 0 Å². The van der Waals surface area contributed by atoms with Crippen LogP contribution in [0.4, 0.5) is 0 Å². The Balaban J connectivity index is 0.00000225. The summed E-state index contributed by atoms with van der Waals surface area (Å²) in [7, 11) is 1.89. The summed E-state index contributed by atoms with van der Waals surface area (Å²) < 4.78 is 4.94. The lowest BCUT2D eigenvalue weighted by Gasteiger charge is -2.11. The predicted molar refractivity (Wildman–Crippen MR) is 67.1 cm³/mol. The van der Waals surface area contributed by atoms with E-state index in [1.807, 2.05) is 32.2 Å². The van der Waals surface area contributed by atoms with Crippen LogP contribution in [0.15, 0.2) is 24.3 Å². The number of hydrogen-bond donors (Lipinski definition) is 1. The van der Waals surface area contributed by atoms with E-state index in [0.29, 0.717) is 12.2 Å². The second kappa shape index (κ2) is 7.25. The summed E-state index contributed by atoms with van der Waals surface area (Å²) in [5.74, 6) is -0.261. The van der Waals surface area contributed by atoms with Crippen molar-refractivity contribution < 1.29 is 9.53 Å². The first-order chi connectivity index (χ1) is 7.19. The van der Waals surface area contributed by atoms with Gasteiger partial charge in [0, 0.05) is 6.04 Å². The molecule has 0 spiro atoms. The molecule has 0 aliphatic rings. The van der Waals surface area contributed by atoms with E-state index >= 15 is 0 Å². The minimum absolute atomic E-state index is 0. The molecular formula is C12H18ClNO2. The fourth-order valence-electron chi connectivity index (χ4n) is 1.32. The number of hydrogen-bond acceptors (Lipinski definition) is 3. The molecule has 4 heteroatoms. The number of benzene rings is 1. The quantitative estimate of drug-likeness (QED) is 0.826. The van der Waals surface area contributed by atoms with Crippen molar-refractivity contribution in [3.05, 3.63) is 35.4 Å². The smallest absolute Gasteiger partial charge is 0.338 e. The predicted octanol–water partition coefficient (Wildman–Crippen LogP) is 2.57. The zero-order valence-corrected chi connectivity index (χ0v) is 10.6. The Morgan fingerprint density at radius 3 is 2.75 bits per heavy atom. The summed E-state index contributed by atoms with van der Waals surface area (Å²) in [6, 6.07) is 7.72. The van der Waals surface area contributed by atoms with Crippen LogP contribution in [-0.2, 0) is 4.74 Å². The van der Waals surface area contributed by atoms with Crippen molar-refractivity contribution in [2.75, 3.05) is 13.7 Å². The van der Waals surface area contributed by atoms with Crippen molar-refractivity contribution in [1.29, 1.82) is 0 Å². The van der Waals surface area contributed by atoms with E-state index in [1.54, 1.807) is 13.0 Å². The lowest BCUT2D eigenvalue weighted by molar-refractivity contribution is 0.0526. The summed E-state index contributed by atoms with van der Waals surface area (Å²) >= 11 is 0. The number of ether oxygens (including phenoxy) is 1. The molecule has 0 aliphatic heterocycles. The summed E-state index contributed by atoms with van der Waals surface area (Å²) in [6.45, 7) is 4.26. The summed E-state index contributed by atoms with van der Waals surface area (Å²) in [4.78, 5) is 11.5. The molecule has 16 heavy (non-hydrogen) atoms. The van der Waals surface area contributed by atoms with Gasteiger partial charge < -0.3 is 10.1 Å². The molecule has 1 N–H and O–H groups in total. The number of carbonyl (C=O) groups is 1. The molecule has 90 valence electrons. The van der Waals surface area contributed by atoms with Gasteiger partial charge in [-0.1, -0.05) is 12.1 Å². The number of nitrogens with one attached hydrogen (secondary N) is 1. The zero-order valence-electron chi connectivity index (χ0n) is 9.82. The topological polar surface area (TPSA) is 38.3 Å². The van der Waals surface area contributed by atoms with Crippen molar-refractivity contribution in [2.45, 2.75) is 19.9 Å². The Bertz CT molecular complexity index is 342. The van der Waals surface area contributed by atoms with Gasteiger partial charge in [0.15, 0.2) is 0 Å². The van der Waals surface area contributed by atoms with Gasteiger partial charge in [-0.25, -0.2) is 4.79 Å². The first-order valence-electron chi connectivity index (χ1n) is 5.13. The normalized spacial score (nSPS) is 11.4. The molecule has 1 aromatic rings. The van der Waals surface area contributed by atoms with Gasteiger partial charge in [-0.2, -0.15) is 0 Å². The maximum Gasteiger partial charge on any atom is 0.338 e. The molecule has 0 heterocycles. The van der Waals surface area contributed by atoms with Crippen LogP contribution in [0.5, 0.6) is 0 Å². The number of esters is 1. The van der Waals surface area contributed by atoms with Crippen LogP contribution in [-0.4, -0.2) is 19.6 Å². The highest BCUT2D eigenvalue weighted by molar-refractivity contribution is 5.89. The van der Waals surface area contributed by atoms with Crippen molar-refractivity contribution in [1.82, 2.24) is 5.32 Å². The van der Waals surface area contributed by atoms with Gasteiger partial charge in [0.2, 0.25) is 0 Å². The molecule has 0 aliphatic carbocycles. The molecule has 0 saturated heterocycles. The van der Waals surface area contributed by atoms with Crippen LogP contribution in [0, 0.1) is 0 Å². The van der Waals surface area contributed by atoms with Crippen LogP contribution in [0.2, 0.25) is 0 Å². The Labute approximate surface area is 103 Å². The van der Waals surface area contributed by atoms with Gasteiger partial charge >= 0.3 is 5.97 Å². The fourth-order valence-corrected chi connectivity index (χ4v) is 1.32. The van der Waals surface area contributed by atoms with E-state index in [2.05, 4.69) is 5.32 Å². The molecule has 0 amide bonds. The highest BCUT2D eigenvalue weighted by Gasteiger charge is 2.08. The lowest BCUT2D eigenvalue weighted by Crippen LogP contribution is -2.13. The van der Waals surface area contributed by atoms with E-state index in [1.165, 1.54) is 0 Å². The van der Waals surface area contributed by atoms with Crippen LogP contribution in [0.3, 0.4) is 0 Å². The van der Waals surface area contributed by atoms with E-state index in [4.69, 9.17) is 4.74 Å². The third kappa shape index (κ3) is 3.83. The van der Waals surface area contributed by atoms with Crippen molar-refractivity contribution in [3.63, 3.8) is 0 Å². The average Bonchev–Trinajstić information content (AvgIpc) is 2.28. The molecule has 3 nitrogen and oxygen atoms in total. The minimum atomic E-state index is -0.261. The SMILES string of the molecule is CCOC(=O)c1cccc([C@H](C)NC)c1.Cl. The van der Waals surface area contributed by atoms with Crippen molar-refractivity contribution in [3.8, 4) is 0 Å². The number of halogens is 1. The Morgan fingerprint density at radius 1 is 1.50 bits per heavy atom. The molecule has 0 aromatic heterocycles. The maximum absolute atomic E-state index is 11.5. The molecular weight excluding hydrogens is 226 g/mol. The molecule has 0 unspecified atom stereocenters. The summed E-state index contributed by atoms with van der Waals surface area (Å²) in [5.41, 5.74) is 1.69. The fraction of sp³-hybridized carbons (Fsp3) is 0.417. The third-order valence-electron chi connectivity index (χ3n) is 2.33. The number of carbonyl (C=O) groups excluding carboxylic acids is 1. The Hall–Kier alpha value is -1.06. The highest BCUT2D eigenvalue weighted by Crippen LogP contribution is 2.14. The van der Waals surface area contributed by atoms with Crippen LogP contribution in [0.1, 0.15) is 35.8 Å². The van der Waals surface area contributed by atoms with Gasteiger partial charge in [0.25, 0.3) is 0 Å². The van der Waals surface area contributed by atoms with Crippen molar-refractivity contribution >= 4 is 18.4 Å². The van der Waals surface area contributed by atoms with E-state index in [-0.39, 0.29) is 24.4 Å².